The van der Waals surface area contributed by atoms with E-state index in [-0.39, 0.29) is 19.2 Å². The van der Waals surface area contributed by atoms with E-state index in [1.54, 1.807) is 13.2 Å². The van der Waals surface area contributed by atoms with E-state index in [4.69, 9.17) is 25.8 Å². The molecule has 25 heavy (non-hydrogen) atoms. The Morgan fingerprint density at radius 1 is 1.24 bits per heavy atom. The summed E-state index contributed by atoms with van der Waals surface area (Å²) in [5.74, 6) is 1.89. The Morgan fingerprint density at radius 3 is 2.84 bits per heavy atom. The average molecular weight is 363 g/mol. The number of carbonyl (C=O) groups excluding carboxylic acids is 1. The number of halogens is 1. The molecule has 0 atom stereocenters. The predicted molar refractivity (Wildman–Crippen MR) is 95.6 cm³/mol. The molecule has 0 unspecified atom stereocenters. The van der Waals surface area contributed by atoms with Gasteiger partial charge >= 0.3 is 0 Å². The Kier molecular flexibility index (Phi) is 5.19. The Hall–Kier alpha value is -2.60. The fourth-order valence-corrected chi connectivity index (χ4v) is 2.61. The van der Waals surface area contributed by atoms with Crippen molar-refractivity contribution < 1.29 is 19.0 Å². The maximum Gasteiger partial charge on any atom is 0.239 e. The maximum absolute atomic E-state index is 12.1. The van der Waals surface area contributed by atoms with Gasteiger partial charge in [0.15, 0.2) is 11.5 Å². The smallest absolute Gasteiger partial charge is 0.239 e. The van der Waals surface area contributed by atoms with Crippen molar-refractivity contribution >= 4 is 23.2 Å². The first-order valence-corrected chi connectivity index (χ1v) is 8.18. The number of ether oxygens (including phenoxy) is 3. The van der Waals surface area contributed by atoms with E-state index in [1.807, 2.05) is 31.2 Å². The van der Waals surface area contributed by atoms with Crippen LogP contribution in [0.5, 0.6) is 17.2 Å². The van der Waals surface area contributed by atoms with Crippen LogP contribution in [0.25, 0.3) is 0 Å². The zero-order chi connectivity index (χ0) is 17.8. The number of hydrogen-bond donors (Lipinski definition) is 2. The van der Waals surface area contributed by atoms with E-state index in [0.29, 0.717) is 23.1 Å². The summed E-state index contributed by atoms with van der Waals surface area (Å²) in [5, 5.41) is 6.55. The molecule has 2 N–H and O–H groups in total. The van der Waals surface area contributed by atoms with E-state index < -0.39 is 0 Å². The van der Waals surface area contributed by atoms with E-state index in [1.165, 1.54) is 0 Å². The Bertz CT molecular complexity index is 795. The summed E-state index contributed by atoms with van der Waals surface area (Å²) in [6.45, 7) is 2.67. The van der Waals surface area contributed by atoms with Crippen LogP contribution in [0.4, 0.5) is 5.69 Å². The van der Waals surface area contributed by atoms with E-state index >= 15 is 0 Å². The number of aryl methyl sites for hydroxylation is 1. The molecule has 3 rings (SSSR count). The molecule has 0 fully saturated rings. The van der Waals surface area contributed by atoms with E-state index in [0.717, 1.165) is 22.6 Å². The highest BCUT2D eigenvalue weighted by molar-refractivity contribution is 6.31. The van der Waals surface area contributed by atoms with Crippen molar-refractivity contribution in [2.24, 2.45) is 0 Å². The SMILES string of the molecule is COc1cc(Cl)c(C)cc1NCC(=O)NCc1ccc2c(c1)OCO2. The molecule has 1 amide bonds. The van der Waals surface area contributed by atoms with Gasteiger partial charge in [-0.05, 0) is 36.2 Å². The molecule has 6 nitrogen and oxygen atoms in total. The van der Waals surface area contributed by atoms with Crippen LogP contribution in [-0.2, 0) is 11.3 Å². The highest BCUT2D eigenvalue weighted by Crippen LogP contribution is 2.32. The number of nitrogens with one attached hydrogen (secondary N) is 2. The average Bonchev–Trinajstić information content (AvgIpc) is 3.08. The van der Waals surface area contributed by atoms with Crippen LogP contribution in [0.2, 0.25) is 5.02 Å². The molecule has 0 radical (unpaired) electrons. The van der Waals surface area contributed by atoms with Gasteiger partial charge in [-0.2, -0.15) is 0 Å². The molecule has 132 valence electrons. The standard InChI is InChI=1S/C18H19ClN2O4/c1-11-5-14(16(23-2)7-13(11)19)20-9-18(22)21-8-12-3-4-15-17(6-12)25-10-24-15/h3-7,20H,8-10H2,1-2H3,(H,21,22). The summed E-state index contributed by atoms with van der Waals surface area (Å²) in [6, 6.07) is 9.17. The molecular formula is C18H19ClN2O4. The van der Waals surface area contributed by atoms with Crippen molar-refractivity contribution in [2.45, 2.75) is 13.5 Å². The minimum Gasteiger partial charge on any atom is -0.495 e. The van der Waals surface area contributed by atoms with Gasteiger partial charge in [0, 0.05) is 17.6 Å². The highest BCUT2D eigenvalue weighted by Gasteiger charge is 2.13. The fourth-order valence-electron chi connectivity index (χ4n) is 2.46. The second kappa shape index (κ2) is 7.53. The van der Waals surface area contributed by atoms with Gasteiger partial charge in [0.1, 0.15) is 5.75 Å². The lowest BCUT2D eigenvalue weighted by Crippen LogP contribution is -2.29. The van der Waals surface area contributed by atoms with Gasteiger partial charge < -0.3 is 24.8 Å². The molecule has 0 aromatic heterocycles. The van der Waals surface area contributed by atoms with Gasteiger partial charge in [0.2, 0.25) is 12.7 Å². The van der Waals surface area contributed by atoms with Crippen molar-refractivity contribution in [3.05, 3.63) is 46.5 Å². The largest absolute Gasteiger partial charge is 0.495 e. The molecule has 0 saturated heterocycles. The van der Waals surface area contributed by atoms with Gasteiger partial charge in [-0.3, -0.25) is 4.79 Å². The van der Waals surface area contributed by atoms with Crippen LogP contribution in [0.3, 0.4) is 0 Å². The predicted octanol–water partition coefficient (Wildman–Crippen LogP) is 3.11. The molecule has 0 bridgehead atoms. The topological polar surface area (TPSA) is 68.8 Å². The summed E-state index contributed by atoms with van der Waals surface area (Å²) in [6.07, 6.45) is 0. The van der Waals surface area contributed by atoms with Gasteiger partial charge in [-0.15, -0.1) is 0 Å². The summed E-state index contributed by atoms with van der Waals surface area (Å²) in [4.78, 5) is 12.1. The lowest BCUT2D eigenvalue weighted by molar-refractivity contribution is -0.119. The second-order valence-corrected chi connectivity index (χ2v) is 6.03. The molecule has 2 aromatic rings. The number of rotatable bonds is 6. The lowest BCUT2D eigenvalue weighted by atomic mass is 10.2. The van der Waals surface area contributed by atoms with Crippen LogP contribution in [-0.4, -0.2) is 26.4 Å². The van der Waals surface area contributed by atoms with Crippen LogP contribution >= 0.6 is 11.6 Å². The zero-order valence-electron chi connectivity index (χ0n) is 14.0. The van der Waals surface area contributed by atoms with Gasteiger partial charge in [-0.1, -0.05) is 17.7 Å². The number of fused-ring (bicyclic) bond motifs is 1. The van der Waals surface area contributed by atoms with Gasteiger partial charge in [0.25, 0.3) is 0 Å². The number of methoxy groups -OCH3 is 1. The molecule has 2 aromatic carbocycles. The Morgan fingerprint density at radius 2 is 2.04 bits per heavy atom. The molecule has 1 aliphatic heterocycles. The van der Waals surface area contributed by atoms with E-state index in [9.17, 15) is 4.79 Å². The summed E-state index contributed by atoms with van der Waals surface area (Å²) < 4.78 is 15.9. The molecule has 1 aliphatic rings. The number of amides is 1. The van der Waals surface area contributed by atoms with Crippen molar-refractivity contribution in [1.82, 2.24) is 5.32 Å². The lowest BCUT2D eigenvalue weighted by Gasteiger charge is -2.13. The number of benzene rings is 2. The number of hydrogen-bond acceptors (Lipinski definition) is 5. The molecule has 0 aliphatic carbocycles. The third kappa shape index (κ3) is 4.09. The third-order valence-electron chi connectivity index (χ3n) is 3.85. The van der Waals surface area contributed by atoms with Crippen molar-refractivity contribution in [1.29, 1.82) is 0 Å². The fraction of sp³-hybridized carbons (Fsp3) is 0.278. The Balaban J connectivity index is 1.54. The molecular weight excluding hydrogens is 344 g/mol. The highest BCUT2D eigenvalue weighted by atomic mass is 35.5. The number of carbonyl (C=O) groups is 1. The minimum atomic E-state index is -0.132. The summed E-state index contributed by atoms with van der Waals surface area (Å²) >= 11 is 6.08. The first kappa shape index (κ1) is 17.2. The molecule has 1 heterocycles. The van der Waals surface area contributed by atoms with Crippen molar-refractivity contribution in [2.75, 3.05) is 25.8 Å². The minimum absolute atomic E-state index is 0.127. The quantitative estimate of drug-likeness (QED) is 0.826. The maximum atomic E-state index is 12.1. The second-order valence-electron chi connectivity index (χ2n) is 5.62. The summed E-state index contributed by atoms with van der Waals surface area (Å²) in [7, 11) is 1.56. The van der Waals surface area contributed by atoms with Crippen LogP contribution < -0.4 is 24.8 Å². The van der Waals surface area contributed by atoms with Gasteiger partial charge in [-0.25, -0.2) is 0 Å². The first-order valence-electron chi connectivity index (χ1n) is 7.80. The Labute approximate surface area is 151 Å². The van der Waals surface area contributed by atoms with Crippen LogP contribution in [0.1, 0.15) is 11.1 Å². The third-order valence-corrected chi connectivity index (χ3v) is 4.25. The monoisotopic (exact) mass is 362 g/mol. The molecule has 0 saturated carbocycles. The molecule has 7 heteroatoms. The first-order chi connectivity index (χ1) is 12.1. The van der Waals surface area contributed by atoms with Crippen LogP contribution in [0, 0.1) is 6.92 Å². The summed E-state index contributed by atoms with van der Waals surface area (Å²) in [5.41, 5.74) is 2.57. The van der Waals surface area contributed by atoms with Crippen LogP contribution in [0.15, 0.2) is 30.3 Å². The number of anilines is 1. The van der Waals surface area contributed by atoms with E-state index in [2.05, 4.69) is 10.6 Å². The molecule has 0 spiro atoms. The van der Waals surface area contributed by atoms with Crippen molar-refractivity contribution in [3.8, 4) is 17.2 Å². The normalized spacial score (nSPS) is 12.0. The van der Waals surface area contributed by atoms with Crippen molar-refractivity contribution in [3.63, 3.8) is 0 Å². The van der Waals surface area contributed by atoms with Gasteiger partial charge in [0.05, 0.1) is 19.3 Å². The zero-order valence-corrected chi connectivity index (χ0v) is 14.8.